The average molecular weight is 509 g/mol. The first-order valence-electron chi connectivity index (χ1n) is 12.6. The van der Waals surface area contributed by atoms with Gasteiger partial charge in [-0.1, -0.05) is 103 Å². The Morgan fingerprint density at radius 1 is 0.667 bits per heavy atom. The Labute approximate surface area is 226 Å². The molecule has 0 unspecified atom stereocenters. The van der Waals surface area contributed by atoms with Gasteiger partial charge in [0.15, 0.2) is 0 Å². The molecule has 4 aromatic carbocycles. The van der Waals surface area contributed by atoms with E-state index >= 15 is 0 Å². The van der Waals surface area contributed by atoms with Crippen LogP contribution in [0.1, 0.15) is 11.1 Å². The van der Waals surface area contributed by atoms with Gasteiger partial charge in [-0.2, -0.15) is 15.2 Å². The van der Waals surface area contributed by atoms with E-state index in [1.54, 1.807) is 18.2 Å². The molecule has 0 aliphatic carbocycles. The van der Waals surface area contributed by atoms with E-state index in [9.17, 15) is 9.90 Å². The lowest BCUT2D eigenvalue weighted by atomic mass is 10.0. The number of rotatable bonds is 6. The van der Waals surface area contributed by atoms with E-state index in [4.69, 9.17) is 5.10 Å². The van der Waals surface area contributed by atoms with Gasteiger partial charge in [0.2, 0.25) is 5.88 Å². The highest BCUT2D eigenvalue weighted by molar-refractivity contribution is 6.35. The van der Waals surface area contributed by atoms with E-state index in [0.717, 1.165) is 16.8 Å². The molecule has 0 fully saturated rings. The summed E-state index contributed by atoms with van der Waals surface area (Å²) in [5.41, 5.74) is 5.36. The maximum atomic E-state index is 13.5. The molecule has 0 saturated carbocycles. The highest BCUT2D eigenvalue weighted by atomic mass is 16.3. The molecule has 1 aliphatic heterocycles. The number of aromatic nitrogens is 2. The van der Waals surface area contributed by atoms with Crippen molar-refractivity contribution in [3.8, 4) is 22.8 Å². The number of hydrazone groups is 1. The van der Waals surface area contributed by atoms with Gasteiger partial charge in [0, 0.05) is 11.1 Å². The second-order valence-corrected chi connectivity index (χ2v) is 8.91. The van der Waals surface area contributed by atoms with Crippen LogP contribution in [0.4, 0.5) is 5.69 Å². The topological polar surface area (TPSA) is 70.7 Å². The normalized spacial score (nSPS) is 14.4. The third kappa shape index (κ3) is 4.67. The lowest BCUT2D eigenvalue weighted by Gasteiger charge is -2.10. The van der Waals surface area contributed by atoms with E-state index in [0.29, 0.717) is 28.2 Å². The van der Waals surface area contributed by atoms with Gasteiger partial charge >= 0.3 is 0 Å². The number of allylic oxidation sites excluding steroid dienone is 2. The lowest BCUT2D eigenvalue weighted by Crippen LogP contribution is -2.21. The molecule has 0 spiro atoms. The van der Waals surface area contributed by atoms with Gasteiger partial charge in [-0.3, -0.25) is 4.79 Å². The summed E-state index contributed by atoms with van der Waals surface area (Å²) in [4.78, 5) is 13.5. The quantitative estimate of drug-likeness (QED) is 0.262. The molecule has 0 saturated heterocycles. The summed E-state index contributed by atoms with van der Waals surface area (Å²) < 4.78 is 1.52. The van der Waals surface area contributed by atoms with Crippen LogP contribution in [-0.2, 0) is 4.79 Å². The second kappa shape index (κ2) is 10.5. The fourth-order valence-corrected chi connectivity index (χ4v) is 4.49. The maximum absolute atomic E-state index is 13.5. The molecule has 6 rings (SSSR count). The van der Waals surface area contributed by atoms with Crippen LogP contribution in [0.3, 0.4) is 0 Å². The molecule has 0 bridgehead atoms. The maximum Gasteiger partial charge on any atom is 0.281 e. The largest absolute Gasteiger partial charge is 0.493 e. The molecule has 1 aliphatic rings. The van der Waals surface area contributed by atoms with Crippen LogP contribution in [0.5, 0.6) is 5.88 Å². The van der Waals surface area contributed by atoms with Crippen LogP contribution in [0.15, 0.2) is 144 Å². The molecule has 0 atom stereocenters. The minimum Gasteiger partial charge on any atom is -0.493 e. The van der Waals surface area contributed by atoms with Crippen LogP contribution in [0.2, 0.25) is 0 Å². The minimum atomic E-state index is -0.225. The number of carbonyl (C=O) groups excluding carboxylic acids is 1. The lowest BCUT2D eigenvalue weighted by molar-refractivity contribution is -0.114. The van der Waals surface area contributed by atoms with Gasteiger partial charge in [-0.25, -0.2) is 4.68 Å². The SMILES string of the molecule is O=C1C(=C/C=C/c2c(-c3ccccc3)nn(-c3ccccc3)c2O)C(c2ccccc2)=NN1c1ccccc1. The van der Waals surface area contributed by atoms with Crippen molar-refractivity contribution in [2.45, 2.75) is 0 Å². The fourth-order valence-electron chi connectivity index (χ4n) is 4.49. The monoisotopic (exact) mass is 508 g/mol. The molecule has 1 amide bonds. The molecule has 5 aromatic rings. The highest BCUT2D eigenvalue weighted by Gasteiger charge is 2.31. The zero-order valence-electron chi connectivity index (χ0n) is 20.9. The van der Waals surface area contributed by atoms with Crippen molar-refractivity contribution in [3.63, 3.8) is 0 Å². The number of benzene rings is 4. The summed E-state index contributed by atoms with van der Waals surface area (Å²) in [5, 5.41) is 22.0. The summed E-state index contributed by atoms with van der Waals surface area (Å²) in [7, 11) is 0. The molecule has 188 valence electrons. The number of hydrogen-bond donors (Lipinski definition) is 1. The van der Waals surface area contributed by atoms with Gasteiger partial charge in [0.05, 0.1) is 22.5 Å². The van der Waals surface area contributed by atoms with Crippen LogP contribution < -0.4 is 5.01 Å². The molecule has 39 heavy (non-hydrogen) atoms. The van der Waals surface area contributed by atoms with Crippen LogP contribution >= 0.6 is 0 Å². The van der Waals surface area contributed by atoms with E-state index < -0.39 is 0 Å². The summed E-state index contributed by atoms with van der Waals surface area (Å²) in [6.07, 6.45) is 5.28. The number of aromatic hydroxyl groups is 1. The van der Waals surface area contributed by atoms with Gasteiger partial charge in [-0.05, 0) is 36.4 Å². The van der Waals surface area contributed by atoms with Crippen molar-refractivity contribution in [1.82, 2.24) is 9.78 Å². The highest BCUT2D eigenvalue weighted by Crippen LogP contribution is 2.33. The van der Waals surface area contributed by atoms with E-state index in [1.807, 2.05) is 121 Å². The van der Waals surface area contributed by atoms with Crippen molar-refractivity contribution < 1.29 is 9.90 Å². The Morgan fingerprint density at radius 2 is 1.21 bits per heavy atom. The molecule has 2 heterocycles. The molecule has 6 heteroatoms. The Kier molecular flexibility index (Phi) is 6.41. The first kappa shape index (κ1) is 23.9. The van der Waals surface area contributed by atoms with Crippen molar-refractivity contribution in [2.75, 3.05) is 5.01 Å². The van der Waals surface area contributed by atoms with E-state index in [-0.39, 0.29) is 11.8 Å². The molecule has 1 N–H and O–H groups in total. The van der Waals surface area contributed by atoms with Crippen molar-refractivity contribution in [1.29, 1.82) is 0 Å². The molecule has 0 radical (unpaired) electrons. The number of nitrogens with zero attached hydrogens (tertiary/aromatic N) is 4. The summed E-state index contributed by atoms with van der Waals surface area (Å²) in [6.45, 7) is 0. The molecular weight excluding hydrogens is 484 g/mol. The van der Waals surface area contributed by atoms with Gasteiger partial charge in [0.25, 0.3) is 5.91 Å². The summed E-state index contributed by atoms with van der Waals surface area (Å²) >= 11 is 0. The Morgan fingerprint density at radius 3 is 1.82 bits per heavy atom. The van der Waals surface area contributed by atoms with Crippen LogP contribution in [0, 0.1) is 0 Å². The zero-order chi connectivity index (χ0) is 26.6. The Balaban J connectivity index is 1.42. The zero-order valence-corrected chi connectivity index (χ0v) is 20.9. The number of hydrogen-bond acceptors (Lipinski definition) is 4. The third-order valence-electron chi connectivity index (χ3n) is 6.40. The fraction of sp³-hybridized carbons (Fsp3) is 0. The van der Waals surface area contributed by atoms with Crippen LogP contribution in [0.25, 0.3) is 23.0 Å². The van der Waals surface area contributed by atoms with Crippen molar-refractivity contribution >= 4 is 23.4 Å². The second-order valence-electron chi connectivity index (χ2n) is 8.91. The van der Waals surface area contributed by atoms with E-state index in [2.05, 4.69) is 5.10 Å². The predicted molar refractivity (Wildman–Crippen MR) is 155 cm³/mol. The predicted octanol–water partition coefficient (Wildman–Crippen LogP) is 6.64. The van der Waals surface area contributed by atoms with E-state index in [1.165, 1.54) is 9.69 Å². The van der Waals surface area contributed by atoms with Crippen molar-refractivity contribution in [2.24, 2.45) is 5.10 Å². The van der Waals surface area contributed by atoms with Gasteiger partial charge in [0.1, 0.15) is 11.4 Å². The Bertz CT molecular complexity index is 1710. The minimum absolute atomic E-state index is 0.00955. The average Bonchev–Trinajstić information content (AvgIpc) is 3.51. The molecule has 1 aromatic heterocycles. The van der Waals surface area contributed by atoms with Crippen molar-refractivity contribution in [3.05, 3.63) is 150 Å². The molecule has 6 nitrogen and oxygen atoms in total. The third-order valence-corrected chi connectivity index (χ3v) is 6.40. The number of carbonyl (C=O) groups is 1. The first-order valence-corrected chi connectivity index (χ1v) is 12.6. The molecular formula is C33H24N4O2. The van der Waals surface area contributed by atoms with Crippen LogP contribution in [-0.4, -0.2) is 26.5 Å². The van der Waals surface area contributed by atoms with Gasteiger partial charge in [-0.15, -0.1) is 0 Å². The first-order chi connectivity index (χ1) is 19.2. The van der Waals surface area contributed by atoms with Gasteiger partial charge < -0.3 is 5.11 Å². The standard InChI is InChI=1S/C33H24N4O2/c38-32-28(30(24-14-5-1-6-15-24)34-36(32)26-18-9-3-10-19-26)22-13-23-29-31(25-16-7-2-8-17-25)35-37(33(29)39)27-20-11-4-12-21-27/h1-23,38H/b22-13+,29-23?. The Hall–Kier alpha value is -5.49. The number of para-hydroxylation sites is 2. The summed E-state index contributed by atoms with van der Waals surface area (Å²) in [6, 6.07) is 38.2. The summed E-state index contributed by atoms with van der Waals surface area (Å²) in [5.74, 6) is -0.215. The number of anilines is 1. The smallest absolute Gasteiger partial charge is 0.281 e. The number of amides is 1.